The Morgan fingerprint density at radius 3 is 3.00 bits per heavy atom. The van der Waals surface area contributed by atoms with Crippen LogP contribution in [-0.4, -0.2) is 39.8 Å². The maximum atomic E-state index is 11.8. The summed E-state index contributed by atoms with van der Waals surface area (Å²) in [4.78, 5) is 32.6. The number of likely N-dealkylation sites (N-methyl/N-ethyl adjacent to an activating group) is 1. The monoisotopic (exact) mass is 248 g/mol. The van der Waals surface area contributed by atoms with E-state index in [9.17, 15) is 9.59 Å². The van der Waals surface area contributed by atoms with E-state index in [1.165, 1.54) is 11.9 Å². The molecule has 6 heteroatoms. The SMILES string of the molecule is Cc1nccc(CNC2CCC(=O)N(C)C2=O)n1. The fraction of sp³-hybridized carbons (Fsp3) is 0.500. The molecule has 2 heterocycles. The molecule has 1 fully saturated rings. The average Bonchev–Trinajstić information content (AvgIpc) is 2.35. The molecule has 1 aromatic heterocycles. The molecule has 0 aliphatic carbocycles. The van der Waals surface area contributed by atoms with Crippen LogP contribution in [-0.2, 0) is 16.1 Å². The molecule has 1 aromatic rings. The number of nitrogens with one attached hydrogen (secondary N) is 1. The summed E-state index contributed by atoms with van der Waals surface area (Å²) in [5, 5.41) is 3.13. The molecular weight excluding hydrogens is 232 g/mol. The minimum Gasteiger partial charge on any atom is -0.300 e. The molecule has 0 spiro atoms. The molecule has 0 saturated carbocycles. The van der Waals surface area contributed by atoms with E-state index >= 15 is 0 Å². The summed E-state index contributed by atoms with van der Waals surface area (Å²) in [7, 11) is 1.52. The van der Waals surface area contributed by atoms with Gasteiger partial charge in [0.05, 0.1) is 11.7 Å². The first-order valence-corrected chi connectivity index (χ1v) is 5.90. The van der Waals surface area contributed by atoms with Crippen LogP contribution in [0.1, 0.15) is 24.4 Å². The van der Waals surface area contributed by atoms with E-state index in [1.54, 1.807) is 6.20 Å². The molecule has 1 atom stereocenters. The van der Waals surface area contributed by atoms with Gasteiger partial charge < -0.3 is 5.32 Å². The molecule has 0 aromatic carbocycles. The van der Waals surface area contributed by atoms with Crippen molar-refractivity contribution in [3.05, 3.63) is 23.8 Å². The Labute approximate surface area is 105 Å². The van der Waals surface area contributed by atoms with Crippen LogP contribution in [0.2, 0.25) is 0 Å². The molecule has 1 N–H and O–H groups in total. The lowest BCUT2D eigenvalue weighted by Gasteiger charge is -2.28. The third-order valence-corrected chi connectivity index (χ3v) is 3.01. The number of aryl methyl sites for hydroxylation is 1. The minimum atomic E-state index is -0.303. The highest BCUT2D eigenvalue weighted by atomic mass is 16.2. The van der Waals surface area contributed by atoms with E-state index in [0.29, 0.717) is 25.2 Å². The molecule has 0 radical (unpaired) electrons. The Balaban J connectivity index is 1.94. The van der Waals surface area contributed by atoms with Crippen molar-refractivity contribution in [2.45, 2.75) is 32.4 Å². The lowest BCUT2D eigenvalue weighted by Crippen LogP contribution is -2.51. The number of hydrogen-bond acceptors (Lipinski definition) is 5. The first kappa shape index (κ1) is 12.6. The predicted octanol–water partition coefficient (Wildman–Crippen LogP) is 0.0220. The quantitative estimate of drug-likeness (QED) is 0.763. The van der Waals surface area contributed by atoms with Crippen molar-refractivity contribution in [3.8, 4) is 0 Å². The van der Waals surface area contributed by atoms with Gasteiger partial charge in [-0.05, 0) is 19.4 Å². The van der Waals surface area contributed by atoms with E-state index in [2.05, 4.69) is 15.3 Å². The molecule has 96 valence electrons. The topological polar surface area (TPSA) is 75.2 Å². The van der Waals surface area contributed by atoms with Crippen LogP contribution in [0.5, 0.6) is 0 Å². The van der Waals surface area contributed by atoms with Crippen molar-refractivity contribution in [1.82, 2.24) is 20.2 Å². The molecular formula is C12H16N4O2. The van der Waals surface area contributed by atoms with Crippen LogP contribution in [0.4, 0.5) is 0 Å². The van der Waals surface area contributed by atoms with Gasteiger partial charge in [-0.25, -0.2) is 9.97 Å². The maximum absolute atomic E-state index is 11.8. The molecule has 0 bridgehead atoms. The number of imide groups is 1. The molecule has 1 aliphatic heterocycles. The highest BCUT2D eigenvalue weighted by Gasteiger charge is 2.31. The normalized spacial score (nSPS) is 20.3. The minimum absolute atomic E-state index is 0.115. The van der Waals surface area contributed by atoms with Crippen molar-refractivity contribution in [2.24, 2.45) is 0 Å². The predicted molar refractivity (Wildman–Crippen MR) is 64.4 cm³/mol. The standard InChI is InChI=1S/C12H16N4O2/c1-8-13-6-5-9(15-8)7-14-10-3-4-11(17)16(2)12(10)18/h5-6,10,14H,3-4,7H2,1-2H3. The fourth-order valence-corrected chi connectivity index (χ4v) is 1.94. The zero-order valence-electron chi connectivity index (χ0n) is 10.5. The van der Waals surface area contributed by atoms with Crippen LogP contribution in [0.3, 0.4) is 0 Å². The number of rotatable bonds is 3. The third kappa shape index (κ3) is 2.70. The Morgan fingerprint density at radius 1 is 1.50 bits per heavy atom. The molecule has 1 saturated heterocycles. The second-order valence-electron chi connectivity index (χ2n) is 4.36. The van der Waals surface area contributed by atoms with Crippen molar-refractivity contribution in [2.75, 3.05) is 7.05 Å². The second-order valence-corrected chi connectivity index (χ2v) is 4.36. The molecule has 1 aliphatic rings. The van der Waals surface area contributed by atoms with Gasteiger partial charge in [-0.15, -0.1) is 0 Å². The number of carbonyl (C=O) groups is 2. The Kier molecular flexibility index (Phi) is 3.66. The average molecular weight is 248 g/mol. The summed E-state index contributed by atoms with van der Waals surface area (Å²) in [6.45, 7) is 2.32. The first-order chi connectivity index (χ1) is 8.58. The summed E-state index contributed by atoms with van der Waals surface area (Å²) in [5.74, 6) is 0.421. The van der Waals surface area contributed by atoms with Crippen molar-refractivity contribution in [1.29, 1.82) is 0 Å². The lowest BCUT2D eigenvalue weighted by molar-refractivity contribution is -0.148. The highest BCUT2D eigenvalue weighted by molar-refractivity contribution is 6.00. The van der Waals surface area contributed by atoms with Crippen LogP contribution in [0, 0.1) is 6.92 Å². The van der Waals surface area contributed by atoms with Gasteiger partial charge in [0.25, 0.3) is 0 Å². The Hall–Kier alpha value is -1.82. The smallest absolute Gasteiger partial charge is 0.246 e. The fourth-order valence-electron chi connectivity index (χ4n) is 1.94. The van der Waals surface area contributed by atoms with E-state index < -0.39 is 0 Å². The maximum Gasteiger partial charge on any atom is 0.246 e. The first-order valence-electron chi connectivity index (χ1n) is 5.90. The van der Waals surface area contributed by atoms with Gasteiger partial charge in [0.15, 0.2) is 0 Å². The van der Waals surface area contributed by atoms with E-state index in [1.807, 2.05) is 13.0 Å². The van der Waals surface area contributed by atoms with Gasteiger partial charge >= 0.3 is 0 Å². The van der Waals surface area contributed by atoms with Crippen molar-refractivity contribution >= 4 is 11.8 Å². The number of aromatic nitrogens is 2. The lowest BCUT2D eigenvalue weighted by atomic mass is 10.0. The van der Waals surface area contributed by atoms with Gasteiger partial charge in [0, 0.05) is 26.2 Å². The van der Waals surface area contributed by atoms with E-state index in [4.69, 9.17) is 0 Å². The Morgan fingerprint density at radius 2 is 2.28 bits per heavy atom. The number of likely N-dealkylation sites (tertiary alicyclic amines) is 1. The summed E-state index contributed by atoms with van der Waals surface area (Å²) in [6, 6.07) is 1.50. The number of piperidine rings is 1. The van der Waals surface area contributed by atoms with Crippen LogP contribution >= 0.6 is 0 Å². The van der Waals surface area contributed by atoms with E-state index in [0.717, 1.165) is 5.69 Å². The molecule has 2 amide bonds. The number of amides is 2. The van der Waals surface area contributed by atoms with Gasteiger partial charge in [-0.1, -0.05) is 0 Å². The summed E-state index contributed by atoms with van der Waals surface area (Å²) < 4.78 is 0. The van der Waals surface area contributed by atoms with E-state index in [-0.39, 0.29) is 17.9 Å². The third-order valence-electron chi connectivity index (χ3n) is 3.01. The molecule has 18 heavy (non-hydrogen) atoms. The zero-order valence-corrected chi connectivity index (χ0v) is 10.5. The van der Waals surface area contributed by atoms with Crippen molar-refractivity contribution < 1.29 is 9.59 Å². The summed E-state index contributed by atoms with van der Waals surface area (Å²) in [5.41, 5.74) is 0.842. The zero-order chi connectivity index (χ0) is 13.1. The number of nitrogens with zero attached hydrogens (tertiary/aromatic N) is 3. The van der Waals surface area contributed by atoms with Gasteiger partial charge in [-0.3, -0.25) is 14.5 Å². The van der Waals surface area contributed by atoms with Crippen molar-refractivity contribution in [3.63, 3.8) is 0 Å². The summed E-state index contributed by atoms with van der Waals surface area (Å²) >= 11 is 0. The summed E-state index contributed by atoms with van der Waals surface area (Å²) in [6.07, 6.45) is 2.65. The van der Waals surface area contributed by atoms with Gasteiger partial charge in [0.1, 0.15) is 5.82 Å². The second kappa shape index (κ2) is 5.22. The van der Waals surface area contributed by atoms with Crippen LogP contribution in [0.15, 0.2) is 12.3 Å². The van der Waals surface area contributed by atoms with Gasteiger partial charge in [-0.2, -0.15) is 0 Å². The van der Waals surface area contributed by atoms with Crippen LogP contribution in [0.25, 0.3) is 0 Å². The number of carbonyl (C=O) groups excluding carboxylic acids is 2. The van der Waals surface area contributed by atoms with Crippen LogP contribution < -0.4 is 5.32 Å². The number of hydrogen-bond donors (Lipinski definition) is 1. The highest BCUT2D eigenvalue weighted by Crippen LogP contribution is 2.11. The molecule has 6 nitrogen and oxygen atoms in total. The van der Waals surface area contributed by atoms with Gasteiger partial charge in [0.2, 0.25) is 11.8 Å². The molecule has 2 rings (SSSR count). The Bertz CT molecular complexity index is 475. The largest absolute Gasteiger partial charge is 0.300 e. The molecule has 1 unspecified atom stereocenters.